The van der Waals surface area contributed by atoms with E-state index in [4.69, 9.17) is 0 Å². The van der Waals surface area contributed by atoms with Crippen molar-refractivity contribution < 1.29 is 4.79 Å². The lowest BCUT2D eigenvalue weighted by atomic mass is 9.97. The van der Waals surface area contributed by atoms with E-state index < -0.39 is 5.54 Å². The number of hydrogen-bond donors (Lipinski definition) is 2. The van der Waals surface area contributed by atoms with Gasteiger partial charge in [0.1, 0.15) is 5.54 Å². The van der Waals surface area contributed by atoms with Gasteiger partial charge in [0.15, 0.2) is 0 Å². The molecule has 1 fully saturated rings. The third kappa shape index (κ3) is 5.02. The summed E-state index contributed by atoms with van der Waals surface area (Å²) >= 11 is 5.20. The summed E-state index contributed by atoms with van der Waals surface area (Å²) in [5, 5.41) is 18.0. The van der Waals surface area contributed by atoms with Crippen molar-refractivity contribution in [1.29, 1.82) is 5.26 Å². The molecule has 0 radical (unpaired) electrons. The number of nitrogens with zero attached hydrogens (tertiary/aromatic N) is 1. The van der Waals surface area contributed by atoms with E-state index >= 15 is 0 Å². The van der Waals surface area contributed by atoms with E-state index in [9.17, 15) is 10.1 Å². The Morgan fingerprint density at radius 3 is 2.46 bits per heavy atom. The van der Waals surface area contributed by atoms with Crippen LogP contribution < -0.4 is 10.6 Å². The number of benzene rings is 1. The van der Waals surface area contributed by atoms with Gasteiger partial charge in [-0.2, -0.15) is 5.26 Å². The highest BCUT2D eigenvalue weighted by molar-refractivity contribution is 9.10. The van der Waals surface area contributed by atoms with E-state index in [-0.39, 0.29) is 18.0 Å². The molecule has 3 rings (SSSR count). The summed E-state index contributed by atoms with van der Waals surface area (Å²) in [4.78, 5) is 14.3. The van der Waals surface area contributed by atoms with Crippen molar-refractivity contribution in [2.45, 2.75) is 57.7 Å². The second-order valence-corrected chi connectivity index (χ2v) is 9.85. The number of nitriles is 1. The first-order chi connectivity index (χ1) is 13.3. The Morgan fingerprint density at radius 2 is 1.96 bits per heavy atom. The second-order valence-electron chi connectivity index (χ2n) is 7.98. The van der Waals surface area contributed by atoms with Crippen molar-refractivity contribution in [2.24, 2.45) is 5.92 Å². The van der Waals surface area contributed by atoms with Gasteiger partial charge >= 0.3 is 0 Å². The van der Waals surface area contributed by atoms with Crippen LogP contribution in [0, 0.1) is 24.2 Å². The Morgan fingerprint density at radius 1 is 1.29 bits per heavy atom. The molecule has 1 aliphatic rings. The van der Waals surface area contributed by atoms with E-state index in [1.165, 1.54) is 10.4 Å². The average molecular weight is 460 g/mol. The van der Waals surface area contributed by atoms with Crippen molar-refractivity contribution in [3.8, 4) is 6.07 Å². The first-order valence-corrected chi connectivity index (χ1v) is 11.3. The van der Waals surface area contributed by atoms with Gasteiger partial charge in [-0.15, -0.1) is 11.3 Å². The number of thiophene rings is 1. The van der Waals surface area contributed by atoms with Gasteiger partial charge < -0.3 is 5.32 Å². The lowest BCUT2D eigenvalue weighted by Crippen LogP contribution is -2.50. The monoisotopic (exact) mass is 459 g/mol. The topological polar surface area (TPSA) is 64.9 Å². The van der Waals surface area contributed by atoms with Gasteiger partial charge in [-0.1, -0.05) is 41.9 Å². The van der Waals surface area contributed by atoms with Gasteiger partial charge in [0.05, 0.1) is 18.2 Å². The fourth-order valence-electron chi connectivity index (χ4n) is 3.29. The predicted molar refractivity (Wildman–Crippen MR) is 117 cm³/mol. The van der Waals surface area contributed by atoms with E-state index in [0.717, 1.165) is 22.9 Å². The molecular formula is C22H26BrN3OS. The summed E-state index contributed by atoms with van der Waals surface area (Å²) in [6.07, 6.45) is 2.19. The van der Waals surface area contributed by atoms with Crippen LogP contribution in [0.15, 0.2) is 40.2 Å². The Kier molecular flexibility index (Phi) is 6.59. The van der Waals surface area contributed by atoms with Crippen LogP contribution >= 0.6 is 27.3 Å². The second kappa shape index (κ2) is 8.77. The summed E-state index contributed by atoms with van der Waals surface area (Å²) in [5.41, 5.74) is 1.68. The number of aryl methyl sites for hydroxylation is 1. The molecule has 0 saturated heterocycles. The maximum atomic E-state index is 13.0. The highest BCUT2D eigenvalue weighted by Gasteiger charge is 2.45. The van der Waals surface area contributed by atoms with Gasteiger partial charge in [0.25, 0.3) is 0 Å². The van der Waals surface area contributed by atoms with Crippen LogP contribution in [-0.4, -0.2) is 17.5 Å². The fraction of sp³-hybridized carbons (Fsp3) is 0.455. The number of hydrogen-bond acceptors (Lipinski definition) is 4. The van der Waals surface area contributed by atoms with Crippen LogP contribution in [0.3, 0.4) is 0 Å². The van der Waals surface area contributed by atoms with E-state index in [0.29, 0.717) is 12.3 Å². The number of amides is 1. The van der Waals surface area contributed by atoms with Crippen LogP contribution in [0.5, 0.6) is 0 Å². The van der Waals surface area contributed by atoms with Gasteiger partial charge in [0.2, 0.25) is 5.91 Å². The van der Waals surface area contributed by atoms with Gasteiger partial charge in [-0.3, -0.25) is 10.1 Å². The third-order valence-corrected chi connectivity index (χ3v) is 6.70. The first-order valence-electron chi connectivity index (χ1n) is 9.62. The van der Waals surface area contributed by atoms with Gasteiger partial charge in [0, 0.05) is 9.35 Å². The zero-order chi connectivity index (χ0) is 20.3. The molecule has 1 amide bonds. The minimum absolute atomic E-state index is 0.0696. The lowest BCUT2D eigenvalue weighted by molar-refractivity contribution is -0.124. The minimum Gasteiger partial charge on any atom is -0.336 e. The maximum Gasteiger partial charge on any atom is 0.238 e. The number of carbonyl (C=O) groups is 1. The maximum absolute atomic E-state index is 13.0. The highest BCUT2D eigenvalue weighted by Crippen LogP contribution is 2.35. The molecule has 1 unspecified atom stereocenters. The summed E-state index contributed by atoms with van der Waals surface area (Å²) in [7, 11) is 0. The molecule has 2 atom stereocenters. The van der Waals surface area contributed by atoms with Gasteiger partial charge in [-0.25, -0.2) is 0 Å². The van der Waals surface area contributed by atoms with Crippen molar-refractivity contribution in [1.82, 2.24) is 10.6 Å². The normalized spacial score (nSPS) is 17.0. The molecule has 1 aromatic carbocycles. The van der Waals surface area contributed by atoms with Crippen LogP contribution in [-0.2, 0) is 4.79 Å². The smallest absolute Gasteiger partial charge is 0.238 e. The summed E-state index contributed by atoms with van der Waals surface area (Å²) in [6.45, 7) is 6.33. The number of carbonyl (C=O) groups excluding carboxylic acids is 1. The standard InChI is InChI=1S/C22H26BrN3OS/c1-14(2)12-18(21(27)26-22(13-24)9-10-22)25-19(20-15(3)8-11-28-20)16-4-6-17(23)7-5-16/h4-8,11,14,18-19,25H,9-10,12H2,1-3H3,(H,26,27)/t18?,19-/m0/s1. The number of halogens is 1. The zero-order valence-electron chi connectivity index (χ0n) is 16.5. The van der Waals surface area contributed by atoms with Crippen molar-refractivity contribution >= 4 is 33.2 Å². The molecule has 1 aromatic heterocycles. The lowest BCUT2D eigenvalue weighted by Gasteiger charge is -2.27. The van der Waals surface area contributed by atoms with Crippen LogP contribution in [0.1, 0.15) is 55.2 Å². The molecule has 1 saturated carbocycles. The van der Waals surface area contributed by atoms with Crippen LogP contribution in [0.4, 0.5) is 0 Å². The average Bonchev–Trinajstić information content (AvgIpc) is 3.30. The van der Waals surface area contributed by atoms with E-state index in [2.05, 4.69) is 77.0 Å². The number of nitrogens with one attached hydrogen (secondary N) is 2. The van der Waals surface area contributed by atoms with Crippen LogP contribution in [0.25, 0.3) is 0 Å². The molecule has 6 heteroatoms. The first kappa shape index (κ1) is 21.0. The summed E-state index contributed by atoms with van der Waals surface area (Å²) < 4.78 is 1.03. The SMILES string of the molecule is Cc1ccsc1[C@@H](NC(CC(C)C)C(=O)NC1(C#N)CC1)c1ccc(Br)cc1. The Hall–Kier alpha value is -1.68. The quantitative estimate of drug-likeness (QED) is 0.577. The zero-order valence-corrected chi connectivity index (χ0v) is 18.9. The van der Waals surface area contributed by atoms with Crippen molar-refractivity contribution in [3.63, 3.8) is 0 Å². The molecule has 0 aliphatic heterocycles. The molecule has 1 heterocycles. The van der Waals surface area contributed by atoms with Crippen molar-refractivity contribution in [3.05, 3.63) is 56.2 Å². The highest BCUT2D eigenvalue weighted by atomic mass is 79.9. The molecule has 148 valence electrons. The van der Waals surface area contributed by atoms with E-state index in [1.54, 1.807) is 11.3 Å². The fourth-order valence-corrected chi connectivity index (χ4v) is 4.57. The molecule has 2 aromatic rings. The molecule has 4 nitrogen and oxygen atoms in total. The minimum atomic E-state index is -0.653. The molecule has 2 N–H and O–H groups in total. The van der Waals surface area contributed by atoms with Crippen molar-refractivity contribution in [2.75, 3.05) is 0 Å². The summed E-state index contributed by atoms with van der Waals surface area (Å²) in [5.74, 6) is 0.277. The van der Waals surface area contributed by atoms with E-state index in [1.807, 2.05) is 12.1 Å². The molecular weight excluding hydrogens is 434 g/mol. The van der Waals surface area contributed by atoms with Gasteiger partial charge in [-0.05, 0) is 66.8 Å². The largest absolute Gasteiger partial charge is 0.336 e. The Bertz CT molecular complexity index is 865. The third-order valence-electron chi connectivity index (χ3n) is 5.09. The number of rotatable bonds is 8. The molecule has 28 heavy (non-hydrogen) atoms. The van der Waals surface area contributed by atoms with Crippen LogP contribution in [0.2, 0.25) is 0 Å². The molecule has 1 aliphatic carbocycles. The molecule has 0 spiro atoms. The summed E-state index contributed by atoms with van der Waals surface area (Å²) in [6, 6.07) is 12.2. The molecule has 0 bridgehead atoms. The Balaban J connectivity index is 1.88. The predicted octanol–water partition coefficient (Wildman–Crippen LogP) is 5.09. The Labute approximate surface area is 179 Å².